The number of carboxylic acids is 1. The number of aromatic nitrogens is 3. The van der Waals surface area contributed by atoms with Gasteiger partial charge in [0.05, 0.1) is 34.1 Å². The number of rotatable bonds is 5. The summed E-state index contributed by atoms with van der Waals surface area (Å²) in [5, 5.41) is 18.0. The number of ether oxygens (including phenoxy) is 1. The van der Waals surface area contributed by atoms with Crippen LogP contribution in [0.3, 0.4) is 0 Å². The zero-order chi connectivity index (χ0) is 22.2. The molecule has 0 amide bonds. The third-order valence-electron chi connectivity index (χ3n) is 5.64. The number of carboxylic acid groups (broad SMARTS) is 1. The highest BCUT2D eigenvalue weighted by Crippen LogP contribution is 2.32. The van der Waals surface area contributed by atoms with E-state index >= 15 is 0 Å². The van der Waals surface area contributed by atoms with Crippen molar-refractivity contribution in [3.8, 4) is 34.5 Å². The van der Waals surface area contributed by atoms with Crippen LogP contribution in [0.5, 0.6) is 5.88 Å². The van der Waals surface area contributed by atoms with Crippen molar-refractivity contribution in [2.45, 2.75) is 18.9 Å². The van der Waals surface area contributed by atoms with E-state index in [2.05, 4.69) is 21.0 Å². The highest BCUT2D eigenvalue weighted by Gasteiger charge is 2.36. The van der Waals surface area contributed by atoms with Crippen molar-refractivity contribution < 1.29 is 19.0 Å². The number of aromatic amines is 1. The maximum atomic E-state index is 14.9. The van der Waals surface area contributed by atoms with Gasteiger partial charge in [-0.3, -0.25) is 4.79 Å². The van der Waals surface area contributed by atoms with Gasteiger partial charge in [0.2, 0.25) is 5.88 Å². The van der Waals surface area contributed by atoms with E-state index in [0.29, 0.717) is 52.3 Å². The molecule has 1 aliphatic rings. The van der Waals surface area contributed by atoms with Gasteiger partial charge in [-0.15, -0.1) is 0 Å². The molecule has 7 nitrogen and oxygen atoms in total. The number of hydrogen-bond donors (Lipinski definition) is 2. The molecule has 8 heteroatoms. The lowest BCUT2D eigenvalue weighted by Gasteiger charge is -2.31. The molecule has 4 aromatic rings. The number of benzene rings is 2. The SMILES string of the molecule is N#Cc1ccc2nc(-c3ccc(-c4ccc(OC5CC(C(=O)O)C5)nc4)cc3F)[nH]c2c1. The molecule has 0 saturated heterocycles. The topological polar surface area (TPSA) is 112 Å². The molecule has 1 fully saturated rings. The second-order valence-electron chi connectivity index (χ2n) is 7.76. The Morgan fingerprint density at radius 2 is 1.97 bits per heavy atom. The molecule has 0 spiro atoms. The highest BCUT2D eigenvalue weighted by atomic mass is 19.1. The van der Waals surface area contributed by atoms with Crippen molar-refractivity contribution in [1.82, 2.24) is 15.0 Å². The van der Waals surface area contributed by atoms with Crippen LogP contribution in [0.15, 0.2) is 54.7 Å². The third kappa shape index (κ3) is 3.65. The summed E-state index contributed by atoms with van der Waals surface area (Å²) in [4.78, 5) is 22.6. The zero-order valence-electron chi connectivity index (χ0n) is 16.7. The monoisotopic (exact) mass is 428 g/mol. The van der Waals surface area contributed by atoms with Crippen molar-refractivity contribution in [2.75, 3.05) is 0 Å². The van der Waals surface area contributed by atoms with Gasteiger partial charge in [-0.1, -0.05) is 6.07 Å². The number of pyridine rings is 1. The number of aliphatic carboxylic acids is 1. The van der Waals surface area contributed by atoms with Crippen LogP contribution in [-0.4, -0.2) is 32.1 Å². The van der Waals surface area contributed by atoms with Gasteiger partial charge in [-0.25, -0.2) is 14.4 Å². The summed E-state index contributed by atoms with van der Waals surface area (Å²) in [6, 6.07) is 15.5. The Kier molecular flexibility index (Phi) is 4.79. The molecule has 2 heterocycles. The summed E-state index contributed by atoms with van der Waals surface area (Å²) in [7, 11) is 0. The highest BCUT2D eigenvalue weighted by molar-refractivity contribution is 5.81. The van der Waals surface area contributed by atoms with Gasteiger partial charge in [0.25, 0.3) is 0 Å². The third-order valence-corrected chi connectivity index (χ3v) is 5.64. The average molecular weight is 428 g/mol. The summed E-state index contributed by atoms with van der Waals surface area (Å²) in [5.74, 6) is -0.773. The number of fused-ring (bicyclic) bond motifs is 1. The Hall–Kier alpha value is -4.25. The Morgan fingerprint density at radius 1 is 1.16 bits per heavy atom. The van der Waals surface area contributed by atoms with Crippen LogP contribution < -0.4 is 4.74 Å². The van der Waals surface area contributed by atoms with Gasteiger partial charge < -0.3 is 14.8 Å². The first kappa shape index (κ1) is 19.7. The smallest absolute Gasteiger partial charge is 0.306 e. The van der Waals surface area contributed by atoms with Gasteiger partial charge >= 0.3 is 5.97 Å². The molecule has 2 aromatic heterocycles. The molecular formula is C24H17FN4O3. The van der Waals surface area contributed by atoms with Crippen LogP contribution >= 0.6 is 0 Å². The van der Waals surface area contributed by atoms with Crippen LogP contribution in [-0.2, 0) is 4.79 Å². The summed E-state index contributed by atoms with van der Waals surface area (Å²) in [6.07, 6.45) is 2.41. The number of nitrogens with zero attached hydrogens (tertiary/aromatic N) is 3. The second kappa shape index (κ2) is 7.78. The molecule has 32 heavy (non-hydrogen) atoms. The molecule has 0 radical (unpaired) electrons. The van der Waals surface area contributed by atoms with Crippen molar-refractivity contribution in [3.05, 3.63) is 66.1 Å². The molecule has 0 bridgehead atoms. The van der Waals surface area contributed by atoms with Gasteiger partial charge in [0.15, 0.2) is 0 Å². The lowest BCUT2D eigenvalue weighted by atomic mass is 9.82. The van der Waals surface area contributed by atoms with E-state index in [1.165, 1.54) is 6.07 Å². The Morgan fingerprint density at radius 3 is 2.66 bits per heavy atom. The van der Waals surface area contributed by atoms with E-state index in [1.807, 2.05) is 0 Å². The molecule has 158 valence electrons. The molecule has 2 aromatic carbocycles. The fraction of sp³-hybridized carbons (Fsp3) is 0.167. The lowest BCUT2D eigenvalue weighted by molar-refractivity contribution is -0.148. The first-order valence-electron chi connectivity index (χ1n) is 10.1. The number of halogens is 1. The standard InChI is InChI=1S/C24H17FN4O3/c25-19-10-14(15-3-6-22(27-12-15)32-17-8-16(9-17)24(30)31)2-4-18(19)23-28-20-5-1-13(11-26)7-21(20)29-23/h1-7,10,12,16-17H,8-9H2,(H,28,29)(H,30,31). The zero-order valence-corrected chi connectivity index (χ0v) is 16.7. The number of imidazole rings is 1. The molecule has 1 saturated carbocycles. The minimum atomic E-state index is -0.798. The number of nitrogens with one attached hydrogen (secondary N) is 1. The number of carbonyl (C=O) groups is 1. The summed E-state index contributed by atoms with van der Waals surface area (Å²) in [5.41, 5.74) is 3.54. The van der Waals surface area contributed by atoms with Gasteiger partial charge in [-0.05, 0) is 54.8 Å². The maximum Gasteiger partial charge on any atom is 0.306 e. The molecule has 0 unspecified atom stereocenters. The van der Waals surface area contributed by atoms with Crippen LogP contribution in [0.4, 0.5) is 4.39 Å². The Bertz CT molecular complexity index is 1370. The van der Waals surface area contributed by atoms with Crippen molar-refractivity contribution in [3.63, 3.8) is 0 Å². The van der Waals surface area contributed by atoms with E-state index < -0.39 is 11.8 Å². The normalized spacial score (nSPS) is 17.5. The van der Waals surface area contributed by atoms with Crippen LogP contribution in [0.2, 0.25) is 0 Å². The Balaban J connectivity index is 1.33. The van der Waals surface area contributed by atoms with Crippen molar-refractivity contribution in [2.24, 2.45) is 5.92 Å². The summed E-state index contributed by atoms with van der Waals surface area (Å²) < 4.78 is 20.6. The van der Waals surface area contributed by atoms with E-state index in [0.717, 1.165) is 5.56 Å². The van der Waals surface area contributed by atoms with E-state index in [4.69, 9.17) is 15.1 Å². The van der Waals surface area contributed by atoms with Crippen molar-refractivity contribution in [1.29, 1.82) is 5.26 Å². The van der Waals surface area contributed by atoms with Gasteiger partial charge in [0, 0.05) is 17.8 Å². The second-order valence-corrected chi connectivity index (χ2v) is 7.76. The van der Waals surface area contributed by atoms with E-state index in [-0.39, 0.29) is 12.0 Å². The van der Waals surface area contributed by atoms with Crippen LogP contribution in [0.25, 0.3) is 33.5 Å². The number of nitriles is 1. The molecule has 0 aliphatic heterocycles. The summed E-state index contributed by atoms with van der Waals surface area (Å²) >= 11 is 0. The number of H-pyrrole nitrogens is 1. The van der Waals surface area contributed by atoms with Gasteiger partial charge in [0.1, 0.15) is 17.7 Å². The van der Waals surface area contributed by atoms with E-state index in [1.54, 1.807) is 48.7 Å². The quantitative estimate of drug-likeness (QED) is 0.482. The van der Waals surface area contributed by atoms with Crippen LogP contribution in [0.1, 0.15) is 18.4 Å². The predicted octanol–water partition coefficient (Wildman–Crippen LogP) is 4.54. The van der Waals surface area contributed by atoms with Gasteiger partial charge in [-0.2, -0.15) is 5.26 Å². The van der Waals surface area contributed by atoms with Crippen LogP contribution in [0, 0.1) is 23.1 Å². The lowest BCUT2D eigenvalue weighted by Crippen LogP contribution is -2.38. The predicted molar refractivity (Wildman–Crippen MR) is 114 cm³/mol. The fourth-order valence-electron chi connectivity index (χ4n) is 3.75. The largest absolute Gasteiger partial charge is 0.481 e. The average Bonchev–Trinajstić information content (AvgIpc) is 3.18. The minimum absolute atomic E-state index is 0.140. The summed E-state index contributed by atoms with van der Waals surface area (Å²) in [6.45, 7) is 0. The number of hydrogen-bond acceptors (Lipinski definition) is 5. The molecule has 2 N–H and O–H groups in total. The maximum absolute atomic E-state index is 14.9. The molecule has 0 atom stereocenters. The van der Waals surface area contributed by atoms with E-state index in [9.17, 15) is 9.18 Å². The molecule has 5 rings (SSSR count). The van der Waals surface area contributed by atoms with Crippen molar-refractivity contribution >= 4 is 17.0 Å². The molecular weight excluding hydrogens is 411 g/mol. The Labute approximate surface area is 182 Å². The minimum Gasteiger partial charge on any atom is -0.481 e. The first-order valence-corrected chi connectivity index (χ1v) is 10.1. The molecule has 1 aliphatic carbocycles. The first-order chi connectivity index (χ1) is 15.5. The fourth-order valence-corrected chi connectivity index (χ4v) is 3.75.